The highest BCUT2D eigenvalue weighted by Gasteiger charge is 1.97. The Bertz CT molecular complexity index is 479. The summed E-state index contributed by atoms with van der Waals surface area (Å²) in [6.07, 6.45) is 10.0. The van der Waals surface area contributed by atoms with Gasteiger partial charge in [0.2, 0.25) is 0 Å². The number of nitrogens with zero attached hydrogens (tertiary/aromatic N) is 1. The molecule has 1 heterocycles. The van der Waals surface area contributed by atoms with Gasteiger partial charge in [-0.25, -0.2) is 0 Å². The molecule has 2 aromatic rings. The van der Waals surface area contributed by atoms with Gasteiger partial charge in [-0.3, -0.25) is 4.98 Å². The maximum atomic E-state index is 5.75. The Morgan fingerprint density at radius 3 is 2.50 bits per heavy atom. The molecule has 2 heteroatoms. The van der Waals surface area contributed by atoms with Gasteiger partial charge in [0.05, 0.1) is 0 Å². The SMILES string of the molecule is CCCCCCc1ccc(OCc2cccnc2)cc1. The molecule has 0 amide bonds. The highest BCUT2D eigenvalue weighted by molar-refractivity contribution is 5.27. The molecule has 106 valence electrons. The third kappa shape index (κ3) is 5.04. The zero-order chi connectivity index (χ0) is 14.0. The second-order valence-electron chi connectivity index (χ2n) is 5.10. The first kappa shape index (κ1) is 14.6. The van der Waals surface area contributed by atoms with E-state index in [0.717, 1.165) is 11.3 Å². The average molecular weight is 269 g/mol. The van der Waals surface area contributed by atoms with E-state index >= 15 is 0 Å². The predicted octanol–water partition coefficient (Wildman–Crippen LogP) is 4.78. The number of hydrogen-bond donors (Lipinski definition) is 0. The van der Waals surface area contributed by atoms with Gasteiger partial charge in [0, 0.05) is 18.0 Å². The fourth-order valence-corrected chi connectivity index (χ4v) is 2.16. The Morgan fingerprint density at radius 2 is 1.80 bits per heavy atom. The second kappa shape index (κ2) is 8.36. The molecule has 0 aliphatic heterocycles. The number of hydrogen-bond acceptors (Lipinski definition) is 2. The molecule has 0 unspecified atom stereocenters. The van der Waals surface area contributed by atoms with E-state index in [1.165, 1.54) is 37.7 Å². The lowest BCUT2D eigenvalue weighted by molar-refractivity contribution is 0.305. The van der Waals surface area contributed by atoms with Crippen LogP contribution in [0.3, 0.4) is 0 Å². The number of aromatic nitrogens is 1. The largest absolute Gasteiger partial charge is 0.489 e. The lowest BCUT2D eigenvalue weighted by Crippen LogP contribution is -1.96. The Kier molecular flexibility index (Phi) is 6.09. The maximum absolute atomic E-state index is 5.75. The normalized spacial score (nSPS) is 10.4. The van der Waals surface area contributed by atoms with Crippen molar-refractivity contribution in [1.29, 1.82) is 0 Å². The third-order valence-corrected chi connectivity index (χ3v) is 3.37. The van der Waals surface area contributed by atoms with Crippen LogP contribution >= 0.6 is 0 Å². The van der Waals surface area contributed by atoms with Crippen LogP contribution in [0.25, 0.3) is 0 Å². The van der Waals surface area contributed by atoms with Crippen LogP contribution in [0.4, 0.5) is 0 Å². The fraction of sp³-hybridized carbons (Fsp3) is 0.389. The summed E-state index contributed by atoms with van der Waals surface area (Å²) in [7, 11) is 0. The van der Waals surface area contributed by atoms with Crippen molar-refractivity contribution in [2.75, 3.05) is 0 Å². The topological polar surface area (TPSA) is 22.1 Å². The summed E-state index contributed by atoms with van der Waals surface area (Å²) >= 11 is 0. The first-order chi connectivity index (χ1) is 9.88. The molecule has 0 saturated heterocycles. The van der Waals surface area contributed by atoms with Crippen LogP contribution in [0.15, 0.2) is 48.8 Å². The van der Waals surface area contributed by atoms with E-state index in [1.807, 2.05) is 18.3 Å². The van der Waals surface area contributed by atoms with E-state index in [-0.39, 0.29) is 0 Å². The number of ether oxygens (including phenoxy) is 1. The van der Waals surface area contributed by atoms with E-state index in [1.54, 1.807) is 6.20 Å². The molecular weight excluding hydrogens is 246 g/mol. The monoisotopic (exact) mass is 269 g/mol. The molecule has 0 N–H and O–H groups in total. The fourth-order valence-electron chi connectivity index (χ4n) is 2.16. The summed E-state index contributed by atoms with van der Waals surface area (Å²) in [5.74, 6) is 0.922. The molecule has 0 radical (unpaired) electrons. The minimum atomic E-state index is 0.573. The third-order valence-electron chi connectivity index (χ3n) is 3.37. The summed E-state index contributed by atoms with van der Waals surface area (Å²) in [6, 6.07) is 12.4. The molecule has 0 atom stereocenters. The first-order valence-corrected chi connectivity index (χ1v) is 7.49. The Hall–Kier alpha value is -1.83. The zero-order valence-electron chi connectivity index (χ0n) is 12.2. The van der Waals surface area contributed by atoms with Gasteiger partial charge in [0.1, 0.15) is 12.4 Å². The van der Waals surface area contributed by atoms with E-state index in [0.29, 0.717) is 6.61 Å². The van der Waals surface area contributed by atoms with Crippen molar-refractivity contribution in [3.63, 3.8) is 0 Å². The molecule has 0 aliphatic carbocycles. The summed E-state index contributed by atoms with van der Waals surface area (Å²) in [5, 5.41) is 0. The Balaban J connectivity index is 1.76. The zero-order valence-corrected chi connectivity index (χ0v) is 12.2. The van der Waals surface area contributed by atoms with Crippen LogP contribution in [0.5, 0.6) is 5.75 Å². The van der Waals surface area contributed by atoms with Crippen LogP contribution in [0, 0.1) is 0 Å². The molecule has 0 aliphatic rings. The van der Waals surface area contributed by atoms with Crippen LogP contribution in [-0.2, 0) is 13.0 Å². The van der Waals surface area contributed by atoms with Crippen LogP contribution < -0.4 is 4.74 Å². The molecule has 0 saturated carbocycles. The lowest BCUT2D eigenvalue weighted by Gasteiger charge is -2.07. The molecular formula is C18H23NO. The summed E-state index contributed by atoms with van der Waals surface area (Å²) in [4.78, 5) is 4.08. The van der Waals surface area contributed by atoms with Crippen LogP contribution in [0.1, 0.15) is 43.7 Å². The highest BCUT2D eigenvalue weighted by atomic mass is 16.5. The van der Waals surface area contributed by atoms with Crippen LogP contribution in [-0.4, -0.2) is 4.98 Å². The molecule has 0 spiro atoms. The van der Waals surface area contributed by atoms with E-state index in [2.05, 4.69) is 36.2 Å². The van der Waals surface area contributed by atoms with Gasteiger partial charge in [0.15, 0.2) is 0 Å². The van der Waals surface area contributed by atoms with Gasteiger partial charge >= 0.3 is 0 Å². The molecule has 1 aromatic carbocycles. The van der Waals surface area contributed by atoms with Crippen molar-refractivity contribution in [3.8, 4) is 5.75 Å². The average Bonchev–Trinajstić information content (AvgIpc) is 2.52. The summed E-state index contributed by atoms with van der Waals surface area (Å²) in [5.41, 5.74) is 2.49. The minimum Gasteiger partial charge on any atom is -0.489 e. The van der Waals surface area contributed by atoms with Gasteiger partial charge in [0.25, 0.3) is 0 Å². The van der Waals surface area contributed by atoms with Crippen molar-refractivity contribution in [2.24, 2.45) is 0 Å². The standard InChI is InChI=1S/C18H23NO/c1-2-3-4-5-7-16-9-11-18(12-10-16)20-15-17-8-6-13-19-14-17/h6,8-14H,2-5,7,15H2,1H3. The number of pyridine rings is 1. The lowest BCUT2D eigenvalue weighted by atomic mass is 10.1. The van der Waals surface area contributed by atoms with Crippen LogP contribution in [0.2, 0.25) is 0 Å². The van der Waals surface area contributed by atoms with Gasteiger partial charge in [-0.2, -0.15) is 0 Å². The molecule has 1 aromatic heterocycles. The number of rotatable bonds is 8. The van der Waals surface area contributed by atoms with Gasteiger partial charge in [-0.15, -0.1) is 0 Å². The Labute approximate surface area is 121 Å². The van der Waals surface area contributed by atoms with Gasteiger partial charge < -0.3 is 4.74 Å². The van der Waals surface area contributed by atoms with E-state index in [9.17, 15) is 0 Å². The van der Waals surface area contributed by atoms with Crippen molar-refractivity contribution in [2.45, 2.75) is 45.6 Å². The number of benzene rings is 1. The molecule has 20 heavy (non-hydrogen) atoms. The summed E-state index contributed by atoms with van der Waals surface area (Å²) < 4.78 is 5.75. The molecule has 0 bridgehead atoms. The van der Waals surface area contributed by atoms with E-state index < -0.39 is 0 Å². The van der Waals surface area contributed by atoms with Crippen molar-refractivity contribution in [1.82, 2.24) is 4.98 Å². The Morgan fingerprint density at radius 1 is 0.950 bits per heavy atom. The predicted molar refractivity (Wildman–Crippen MR) is 82.9 cm³/mol. The number of unbranched alkanes of at least 4 members (excludes halogenated alkanes) is 3. The minimum absolute atomic E-state index is 0.573. The van der Waals surface area contributed by atoms with Crippen molar-refractivity contribution in [3.05, 3.63) is 59.9 Å². The maximum Gasteiger partial charge on any atom is 0.119 e. The quantitative estimate of drug-likeness (QED) is 0.643. The molecule has 2 nitrogen and oxygen atoms in total. The van der Waals surface area contributed by atoms with E-state index in [4.69, 9.17) is 4.74 Å². The molecule has 2 rings (SSSR count). The van der Waals surface area contributed by atoms with Crippen molar-refractivity contribution < 1.29 is 4.74 Å². The van der Waals surface area contributed by atoms with Gasteiger partial charge in [-0.05, 0) is 36.6 Å². The first-order valence-electron chi connectivity index (χ1n) is 7.49. The second-order valence-corrected chi connectivity index (χ2v) is 5.10. The highest BCUT2D eigenvalue weighted by Crippen LogP contribution is 2.15. The smallest absolute Gasteiger partial charge is 0.119 e. The van der Waals surface area contributed by atoms with Gasteiger partial charge in [-0.1, -0.05) is 44.4 Å². The summed E-state index contributed by atoms with van der Waals surface area (Å²) in [6.45, 7) is 2.82. The number of aryl methyl sites for hydroxylation is 1. The van der Waals surface area contributed by atoms with Crippen molar-refractivity contribution >= 4 is 0 Å². The molecule has 0 fully saturated rings.